The Labute approximate surface area is 103 Å². The van der Waals surface area contributed by atoms with Gasteiger partial charge < -0.3 is 5.11 Å². The lowest BCUT2D eigenvalue weighted by molar-refractivity contribution is 0.395. The van der Waals surface area contributed by atoms with E-state index in [0.717, 1.165) is 12.0 Å². The molecule has 0 fully saturated rings. The highest BCUT2D eigenvalue weighted by molar-refractivity contribution is 5.90. The van der Waals surface area contributed by atoms with Gasteiger partial charge in [-0.1, -0.05) is 19.1 Å². The number of nitrogens with zero attached hydrogens (tertiary/aromatic N) is 2. The Morgan fingerprint density at radius 1 is 1.41 bits per heavy atom. The summed E-state index contributed by atoms with van der Waals surface area (Å²) in [5.74, 6) is 1.03. The molecule has 3 heteroatoms. The van der Waals surface area contributed by atoms with Gasteiger partial charge in [-0.3, -0.25) is 5.01 Å². The molecule has 1 aliphatic heterocycles. The molecule has 1 heterocycles. The standard InChI is InChI=1S/C14H20N2O/c1-9-5-7-13(15-16(9)4)12-6-8-14(17)11(3)10(12)2/h5-6,8,10,12,17H,7H2,1-4H3. The van der Waals surface area contributed by atoms with Gasteiger partial charge in [0.1, 0.15) is 5.76 Å². The van der Waals surface area contributed by atoms with E-state index in [-0.39, 0.29) is 0 Å². The summed E-state index contributed by atoms with van der Waals surface area (Å²) in [6.07, 6.45) is 6.97. The first-order valence-corrected chi connectivity index (χ1v) is 6.06. The number of allylic oxidation sites excluding steroid dienone is 5. The summed E-state index contributed by atoms with van der Waals surface area (Å²) in [6.45, 7) is 6.20. The molecule has 0 radical (unpaired) electrons. The van der Waals surface area contributed by atoms with Crippen LogP contribution in [0.1, 0.15) is 27.2 Å². The maximum absolute atomic E-state index is 9.69. The summed E-state index contributed by atoms with van der Waals surface area (Å²) in [5.41, 5.74) is 3.42. The molecule has 0 bridgehead atoms. The zero-order chi connectivity index (χ0) is 12.6. The fourth-order valence-corrected chi connectivity index (χ4v) is 2.29. The van der Waals surface area contributed by atoms with E-state index in [1.807, 2.05) is 19.0 Å². The van der Waals surface area contributed by atoms with Crippen molar-refractivity contribution < 1.29 is 5.11 Å². The average molecular weight is 232 g/mol. The largest absolute Gasteiger partial charge is 0.508 e. The molecule has 0 aromatic heterocycles. The maximum Gasteiger partial charge on any atom is 0.114 e. The number of aliphatic hydroxyl groups excluding tert-OH is 1. The van der Waals surface area contributed by atoms with Crippen LogP contribution in [0.3, 0.4) is 0 Å². The summed E-state index contributed by atoms with van der Waals surface area (Å²) in [4.78, 5) is 0. The lowest BCUT2D eigenvalue weighted by atomic mass is 9.79. The maximum atomic E-state index is 9.69. The number of hydrogen-bond donors (Lipinski definition) is 1. The van der Waals surface area contributed by atoms with Gasteiger partial charge in [0, 0.05) is 30.8 Å². The summed E-state index contributed by atoms with van der Waals surface area (Å²) >= 11 is 0. The molecule has 2 unspecified atom stereocenters. The van der Waals surface area contributed by atoms with Gasteiger partial charge in [0.15, 0.2) is 0 Å². The van der Waals surface area contributed by atoms with E-state index < -0.39 is 0 Å². The summed E-state index contributed by atoms with van der Waals surface area (Å²) in [6, 6.07) is 0. The van der Waals surface area contributed by atoms with Crippen LogP contribution in [0.25, 0.3) is 0 Å². The molecule has 3 nitrogen and oxygen atoms in total. The van der Waals surface area contributed by atoms with Crippen LogP contribution < -0.4 is 0 Å². The molecule has 17 heavy (non-hydrogen) atoms. The zero-order valence-electron chi connectivity index (χ0n) is 10.9. The van der Waals surface area contributed by atoms with Crippen LogP contribution in [0.4, 0.5) is 0 Å². The molecular weight excluding hydrogens is 212 g/mol. The molecule has 92 valence electrons. The van der Waals surface area contributed by atoms with Gasteiger partial charge in [-0.25, -0.2) is 0 Å². The van der Waals surface area contributed by atoms with E-state index in [1.54, 1.807) is 6.08 Å². The van der Waals surface area contributed by atoms with E-state index in [1.165, 1.54) is 11.4 Å². The van der Waals surface area contributed by atoms with E-state index >= 15 is 0 Å². The van der Waals surface area contributed by atoms with Crippen molar-refractivity contribution in [2.45, 2.75) is 27.2 Å². The molecule has 0 amide bonds. The van der Waals surface area contributed by atoms with Gasteiger partial charge in [0.25, 0.3) is 0 Å². The Bertz CT molecular complexity index is 443. The molecule has 0 aromatic carbocycles. The van der Waals surface area contributed by atoms with Gasteiger partial charge in [0.2, 0.25) is 0 Å². The first kappa shape index (κ1) is 12.0. The Morgan fingerprint density at radius 3 is 2.76 bits per heavy atom. The van der Waals surface area contributed by atoms with Gasteiger partial charge in [-0.15, -0.1) is 0 Å². The number of hydrogen-bond acceptors (Lipinski definition) is 3. The number of rotatable bonds is 1. The van der Waals surface area contributed by atoms with Crippen molar-refractivity contribution in [3.8, 4) is 0 Å². The molecule has 1 N–H and O–H groups in total. The van der Waals surface area contributed by atoms with Crippen LogP contribution in [0.5, 0.6) is 0 Å². The van der Waals surface area contributed by atoms with Crippen LogP contribution in [-0.2, 0) is 0 Å². The molecule has 0 spiro atoms. The predicted octanol–water partition coefficient (Wildman–Crippen LogP) is 3.24. The average Bonchev–Trinajstić information content (AvgIpc) is 2.30. The Balaban J connectivity index is 2.22. The van der Waals surface area contributed by atoms with Crippen LogP contribution in [0, 0.1) is 11.8 Å². The summed E-state index contributed by atoms with van der Waals surface area (Å²) < 4.78 is 0. The molecular formula is C14H20N2O. The minimum atomic E-state index is 0.303. The molecule has 2 rings (SSSR count). The molecule has 2 atom stereocenters. The Kier molecular flexibility index (Phi) is 3.09. The van der Waals surface area contributed by atoms with Crippen molar-refractivity contribution in [3.05, 3.63) is 35.3 Å². The third kappa shape index (κ3) is 2.14. The van der Waals surface area contributed by atoms with Gasteiger partial charge in [-0.2, -0.15) is 5.10 Å². The topological polar surface area (TPSA) is 35.8 Å². The van der Waals surface area contributed by atoms with Crippen LogP contribution in [0.15, 0.2) is 40.4 Å². The SMILES string of the molecule is CC1=CCC(C2C=CC(O)=C(C)C2C)=NN1C. The fourth-order valence-electron chi connectivity index (χ4n) is 2.29. The highest BCUT2D eigenvalue weighted by Gasteiger charge is 2.27. The number of hydrazone groups is 1. The molecule has 0 saturated carbocycles. The summed E-state index contributed by atoms with van der Waals surface area (Å²) in [5, 5.41) is 16.2. The lowest BCUT2D eigenvalue weighted by Crippen LogP contribution is -2.28. The highest BCUT2D eigenvalue weighted by Crippen LogP contribution is 2.31. The molecule has 2 aliphatic rings. The second-order valence-corrected chi connectivity index (χ2v) is 4.91. The predicted molar refractivity (Wildman–Crippen MR) is 70.7 cm³/mol. The second-order valence-electron chi connectivity index (χ2n) is 4.91. The Hall–Kier alpha value is -1.51. The van der Waals surface area contributed by atoms with E-state index in [0.29, 0.717) is 17.6 Å². The van der Waals surface area contributed by atoms with Crippen LogP contribution >= 0.6 is 0 Å². The van der Waals surface area contributed by atoms with Crippen molar-refractivity contribution in [3.63, 3.8) is 0 Å². The quantitative estimate of drug-likeness (QED) is 0.753. The third-order valence-corrected chi connectivity index (χ3v) is 3.87. The minimum absolute atomic E-state index is 0.303. The molecule has 0 aromatic rings. The third-order valence-electron chi connectivity index (χ3n) is 3.87. The zero-order valence-corrected chi connectivity index (χ0v) is 10.9. The Morgan fingerprint density at radius 2 is 2.12 bits per heavy atom. The smallest absolute Gasteiger partial charge is 0.114 e. The van der Waals surface area contributed by atoms with Crippen LogP contribution in [-0.4, -0.2) is 22.9 Å². The molecule has 1 aliphatic carbocycles. The van der Waals surface area contributed by atoms with E-state index in [4.69, 9.17) is 0 Å². The minimum Gasteiger partial charge on any atom is -0.508 e. The van der Waals surface area contributed by atoms with Gasteiger partial charge in [-0.05, 0) is 31.4 Å². The lowest BCUT2D eigenvalue weighted by Gasteiger charge is -2.30. The number of aliphatic hydroxyl groups is 1. The summed E-state index contributed by atoms with van der Waals surface area (Å²) in [7, 11) is 1.97. The first-order valence-electron chi connectivity index (χ1n) is 6.06. The second kappa shape index (κ2) is 4.40. The van der Waals surface area contributed by atoms with Crippen molar-refractivity contribution >= 4 is 5.71 Å². The monoisotopic (exact) mass is 232 g/mol. The fraction of sp³-hybridized carbons (Fsp3) is 0.500. The molecule has 0 saturated heterocycles. The van der Waals surface area contributed by atoms with Crippen molar-refractivity contribution in [1.29, 1.82) is 0 Å². The highest BCUT2D eigenvalue weighted by atomic mass is 16.3. The van der Waals surface area contributed by atoms with Gasteiger partial charge in [0.05, 0.1) is 0 Å². The van der Waals surface area contributed by atoms with E-state index in [2.05, 4.69) is 31.1 Å². The first-order chi connectivity index (χ1) is 8.00. The normalized spacial score (nSPS) is 29.3. The van der Waals surface area contributed by atoms with Crippen molar-refractivity contribution in [2.75, 3.05) is 7.05 Å². The van der Waals surface area contributed by atoms with Crippen LogP contribution in [0.2, 0.25) is 0 Å². The van der Waals surface area contributed by atoms with Gasteiger partial charge >= 0.3 is 0 Å². The van der Waals surface area contributed by atoms with Crippen molar-refractivity contribution in [1.82, 2.24) is 5.01 Å². The van der Waals surface area contributed by atoms with Crippen molar-refractivity contribution in [2.24, 2.45) is 16.9 Å². The van der Waals surface area contributed by atoms with E-state index in [9.17, 15) is 5.11 Å².